The van der Waals surface area contributed by atoms with E-state index in [1.54, 1.807) is 36.7 Å². The van der Waals surface area contributed by atoms with Gasteiger partial charge in [0.05, 0.1) is 28.0 Å². The summed E-state index contributed by atoms with van der Waals surface area (Å²) in [6.45, 7) is 1.81. The first kappa shape index (κ1) is 20.6. The number of amides is 2. The smallest absolute Gasteiger partial charge is 0.269 e. The predicted molar refractivity (Wildman–Crippen MR) is 112 cm³/mol. The number of nitro groups is 1. The maximum atomic E-state index is 12.6. The molecule has 0 saturated carbocycles. The monoisotopic (exact) mass is 430 g/mol. The van der Waals surface area contributed by atoms with E-state index in [0.717, 1.165) is 0 Å². The van der Waals surface area contributed by atoms with Crippen molar-refractivity contribution in [1.82, 2.24) is 9.88 Å². The van der Waals surface area contributed by atoms with Crippen molar-refractivity contribution in [2.45, 2.75) is 19.4 Å². The Morgan fingerprint density at radius 1 is 1.28 bits per heavy atom. The van der Waals surface area contributed by atoms with Crippen LogP contribution in [-0.2, 0) is 11.2 Å². The van der Waals surface area contributed by atoms with Gasteiger partial charge in [-0.2, -0.15) is 0 Å². The topological polar surface area (TPSA) is 105 Å². The third-order valence-electron chi connectivity index (χ3n) is 4.39. The van der Waals surface area contributed by atoms with Gasteiger partial charge in [-0.25, -0.2) is 4.98 Å². The van der Waals surface area contributed by atoms with Crippen LogP contribution in [0.3, 0.4) is 0 Å². The molecule has 0 aliphatic rings. The molecule has 0 spiro atoms. The van der Waals surface area contributed by atoms with Crippen LogP contribution in [0.2, 0.25) is 0 Å². The number of anilines is 1. The summed E-state index contributed by atoms with van der Waals surface area (Å²) in [5.74, 6) is -0.408. The van der Waals surface area contributed by atoms with Gasteiger partial charge >= 0.3 is 0 Å². The van der Waals surface area contributed by atoms with E-state index in [9.17, 15) is 19.7 Å². The summed E-state index contributed by atoms with van der Waals surface area (Å²) in [4.78, 5) is 41.6. The van der Waals surface area contributed by atoms with Crippen LogP contribution in [0.4, 0.5) is 10.8 Å². The Labute approximate surface area is 175 Å². The third-order valence-corrected chi connectivity index (χ3v) is 6.06. The van der Waals surface area contributed by atoms with Gasteiger partial charge in [0.1, 0.15) is 0 Å². The molecule has 3 rings (SSSR count). The number of rotatable bonds is 7. The van der Waals surface area contributed by atoms with Crippen LogP contribution in [0.15, 0.2) is 47.2 Å². The molecule has 0 saturated heterocycles. The van der Waals surface area contributed by atoms with E-state index < -0.39 is 4.92 Å². The lowest BCUT2D eigenvalue weighted by molar-refractivity contribution is -0.384. The molecule has 3 aromatic rings. The number of carbonyl (C=O) groups excluding carboxylic acids is 2. The van der Waals surface area contributed by atoms with Crippen LogP contribution >= 0.6 is 22.7 Å². The number of nitrogens with one attached hydrogen (secondary N) is 1. The molecule has 1 N–H and O–H groups in total. The van der Waals surface area contributed by atoms with E-state index in [4.69, 9.17) is 0 Å². The molecule has 0 aliphatic heterocycles. The van der Waals surface area contributed by atoms with Crippen LogP contribution in [0.1, 0.15) is 33.9 Å². The summed E-state index contributed by atoms with van der Waals surface area (Å²) in [5, 5.41) is 17.7. The van der Waals surface area contributed by atoms with E-state index in [1.807, 2.05) is 12.3 Å². The summed E-state index contributed by atoms with van der Waals surface area (Å²) < 4.78 is 0. The fraction of sp³-hybridized carbons (Fsp3) is 0.211. The molecule has 1 unspecified atom stereocenters. The summed E-state index contributed by atoms with van der Waals surface area (Å²) >= 11 is 2.59. The molecule has 2 heterocycles. The zero-order chi connectivity index (χ0) is 21.0. The van der Waals surface area contributed by atoms with Gasteiger partial charge in [-0.3, -0.25) is 25.0 Å². The number of aromatic nitrogens is 1. The molecule has 0 radical (unpaired) electrons. The number of nitro benzene ring substituents is 1. The lowest BCUT2D eigenvalue weighted by atomic mass is 10.1. The van der Waals surface area contributed by atoms with E-state index in [2.05, 4.69) is 10.3 Å². The highest BCUT2D eigenvalue weighted by Crippen LogP contribution is 2.24. The second kappa shape index (κ2) is 8.93. The minimum absolute atomic E-state index is 0.0131. The second-order valence-corrected chi connectivity index (χ2v) is 8.09. The molecular weight excluding hydrogens is 412 g/mol. The van der Waals surface area contributed by atoms with Gasteiger partial charge in [0.25, 0.3) is 11.6 Å². The molecule has 8 nitrogen and oxygen atoms in total. The Bertz CT molecular complexity index is 1030. The minimum Gasteiger partial charge on any atom is -0.339 e. The highest BCUT2D eigenvalue weighted by atomic mass is 32.1. The zero-order valence-corrected chi connectivity index (χ0v) is 17.3. The Balaban J connectivity index is 1.62. The van der Waals surface area contributed by atoms with Crippen molar-refractivity contribution < 1.29 is 14.5 Å². The fourth-order valence-corrected chi connectivity index (χ4v) is 3.95. The Morgan fingerprint density at radius 3 is 2.76 bits per heavy atom. The first-order valence-electron chi connectivity index (χ1n) is 8.64. The van der Waals surface area contributed by atoms with Crippen LogP contribution in [0.25, 0.3) is 0 Å². The van der Waals surface area contributed by atoms with Crippen molar-refractivity contribution >= 4 is 45.3 Å². The lowest BCUT2D eigenvalue weighted by Gasteiger charge is -2.25. The van der Waals surface area contributed by atoms with Gasteiger partial charge in [-0.15, -0.1) is 22.7 Å². The number of benzene rings is 1. The third kappa shape index (κ3) is 5.04. The normalized spacial score (nSPS) is 11.7. The van der Waals surface area contributed by atoms with Crippen LogP contribution < -0.4 is 5.32 Å². The summed E-state index contributed by atoms with van der Waals surface area (Å²) in [6, 6.07) is 9.42. The number of nitrogens with zero attached hydrogens (tertiary/aromatic N) is 3. The molecule has 1 atom stereocenters. The van der Waals surface area contributed by atoms with E-state index in [0.29, 0.717) is 21.3 Å². The van der Waals surface area contributed by atoms with Crippen LogP contribution in [-0.4, -0.2) is 33.7 Å². The number of thiophene rings is 1. The maximum Gasteiger partial charge on any atom is 0.269 e. The summed E-state index contributed by atoms with van der Waals surface area (Å²) in [6.07, 6.45) is 0.0706. The van der Waals surface area contributed by atoms with Crippen molar-refractivity contribution in [3.8, 4) is 0 Å². The molecule has 0 aliphatic carbocycles. The number of hydrogen-bond donors (Lipinski definition) is 1. The molecule has 0 bridgehead atoms. The van der Waals surface area contributed by atoms with Gasteiger partial charge in [-0.1, -0.05) is 18.2 Å². The number of hydrogen-bond acceptors (Lipinski definition) is 7. The second-order valence-electron chi connectivity index (χ2n) is 6.28. The zero-order valence-electron chi connectivity index (χ0n) is 15.7. The van der Waals surface area contributed by atoms with Gasteiger partial charge in [0.2, 0.25) is 5.91 Å². The Kier molecular flexibility index (Phi) is 6.35. The quantitative estimate of drug-likeness (QED) is 0.448. The molecule has 0 fully saturated rings. The molecule has 2 amide bonds. The van der Waals surface area contributed by atoms with Gasteiger partial charge in [-0.05, 0) is 23.9 Å². The average Bonchev–Trinajstić information content (AvgIpc) is 3.39. The highest BCUT2D eigenvalue weighted by Gasteiger charge is 2.20. The van der Waals surface area contributed by atoms with Gasteiger partial charge in [0.15, 0.2) is 5.13 Å². The number of carbonyl (C=O) groups is 2. The average molecular weight is 431 g/mol. The minimum atomic E-state index is -0.459. The van der Waals surface area contributed by atoms with Crippen molar-refractivity contribution in [2.24, 2.45) is 0 Å². The summed E-state index contributed by atoms with van der Waals surface area (Å²) in [7, 11) is 1.65. The largest absolute Gasteiger partial charge is 0.339 e. The Hall–Kier alpha value is -3.11. The van der Waals surface area contributed by atoms with Crippen molar-refractivity contribution in [3.63, 3.8) is 0 Å². The molecule has 10 heteroatoms. The van der Waals surface area contributed by atoms with E-state index in [1.165, 1.54) is 39.7 Å². The summed E-state index contributed by atoms with van der Waals surface area (Å²) in [5.41, 5.74) is 1.22. The van der Waals surface area contributed by atoms with E-state index >= 15 is 0 Å². The maximum absolute atomic E-state index is 12.6. The molecule has 2 aromatic heterocycles. The van der Waals surface area contributed by atoms with Gasteiger partial charge in [0, 0.05) is 24.6 Å². The molecular formula is C19H18N4O4S2. The van der Waals surface area contributed by atoms with Crippen molar-refractivity contribution in [1.29, 1.82) is 0 Å². The predicted octanol–water partition coefficient (Wildman–Crippen LogP) is 4.13. The standard InChI is InChI=1S/C19H18N4O4S2/c1-12(13-5-3-6-15(9-13)23(26)27)22(2)17(24)10-14-11-29-19(20-14)21-18(25)16-7-4-8-28-16/h3-9,11-12H,10H2,1-2H3,(H,20,21,25). The van der Waals surface area contributed by atoms with Crippen molar-refractivity contribution in [3.05, 3.63) is 73.4 Å². The van der Waals surface area contributed by atoms with Gasteiger partial charge < -0.3 is 4.90 Å². The fourth-order valence-electron chi connectivity index (χ4n) is 2.63. The lowest BCUT2D eigenvalue weighted by Crippen LogP contribution is -2.31. The van der Waals surface area contributed by atoms with E-state index in [-0.39, 0.29) is 30.0 Å². The number of likely N-dealkylation sites (N-methyl/N-ethyl adjacent to an activating group) is 1. The first-order valence-corrected chi connectivity index (χ1v) is 10.4. The highest BCUT2D eigenvalue weighted by molar-refractivity contribution is 7.14. The molecule has 150 valence electrons. The van der Waals surface area contributed by atoms with Crippen molar-refractivity contribution in [2.75, 3.05) is 12.4 Å². The SMILES string of the molecule is CC(c1cccc([N+](=O)[O-])c1)N(C)C(=O)Cc1csc(NC(=O)c2cccs2)n1. The molecule has 29 heavy (non-hydrogen) atoms. The Morgan fingerprint density at radius 2 is 2.07 bits per heavy atom. The molecule has 1 aromatic carbocycles. The number of thiazole rings is 1. The first-order chi connectivity index (χ1) is 13.8. The number of non-ortho nitro benzene ring substituents is 1. The van der Waals surface area contributed by atoms with Crippen LogP contribution in [0, 0.1) is 10.1 Å². The van der Waals surface area contributed by atoms with Crippen LogP contribution in [0.5, 0.6) is 0 Å².